The van der Waals surface area contributed by atoms with Crippen molar-refractivity contribution in [1.29, 1.82) is 0 Å². The number of carbonyl (C=O) groups is 4. The Morgan fingerprint density at radius 1 is 0.553 bits per heavy atom. The van der Waals surface area contributed by atoms with E-state index in [-0.39, 0.29) is 66.2 Å². The van der Waals surface area contributed by atoms with Gasteiger partial charge in [0, 0.05) is 0 Å². The monoisotopic (exact) mass is 674 g/mol. The fourth-order valence-corrected chi connectivity index (χ4v) is 11.2. The summed E-state index contributed by atoms with van der Waals surface area (Å²) in [5, 5.41) is 80.0. The average Bonchev–Trinajstić information content (AvgIpc) is 2.97. The van der Waals surface area contributed by atoms with Crippen LogP contribution in [0.2, 0.25) is 0 Å². The number of phenols is 4. The van der Waals surface area contributed by atoms with E-state index in [9.17, 15) is 60.0 Å². The summed E-state index contributed by atoms with van der Waals surface area (Å²) in [5.41, 5.74) is 2.24. The Hall–Kier alpha value is -5.03. The molecule has 0 bridgehead atoms. The van der Waals surface area contributed by atoms with Crippen molar-refractivity contribution in [3.05, 3.63) is 76.3 Å². The normalized spacial score (nSPS) is 12.1. The van der Waals surface area contributed by atoms with Crippen LogP contribution in [0.15, 0.2) is 48.5 Å². The maximum atomic E-state index is 12.0. The first kappa shape index (κ1) is 36.4. The van der Waals surface area contributed by atoms with Crippen molar-refractivity contribution in [2.45, 2.75) is 45.4 Å². The standard InChI is InChI=1S/C33H39O13P/c1-20-14-23(16-21-2-4-25(34)18-27(21)36)33(24(15-20)17-22-3-5-26(35)19-28(22)37)46-47(10-6-29(38)39,11-7-30(40)41,12-8-31(42)43)13-9-32(44)45/h2-5,14-15,18-19,34-37H,6-13,16-17H2,1H3,(H,38,39)(H,40,41)(H,42,43)(H,44,45). The molecule has 0 radical (unpaired) electrons. The zero-order chi connectivity index (χ0) is 35.0. The zero-order valence-corrected chi connectivity index (χ0v) is 26.7. The van der Waals surface area contributed by atoms with Gasteiger partial charge in [0.15, 0.2) is 0 Å². The van der Waals surface area contributed by atoms with Crippen LogP contribution in [0, 0.1) is 6.92 Å². The first-order valence-electron chi connectivity index (χ1n) is 14.7. The van der Waals surface area contributed by atoms with Gasteiger partial charge >= 0.3 is 270 Å². The van der Waals surface area contributed by atoms with Crippen LogP contribution >= 0.6 is 6.83 Å². The molecule has 8 N–H and O–H groups in total. The Bertz CT molecular complexity index is 1510. The van der Waals surface area contributed by atoms with Crippen molar-refractivity contribution in [2.75, 3.05) is 24.6 Å². The molecule has 254 valence electrons. The summed E-state index contributed by atoms with van der Waals surface area (Å²) in [6.45, 7) is -2.68. The van der Waals surface area contributed by atoms with Crippen molar-refractivity contribution in [3.63, 3.8) is 0 Å². The van der Waals surface area contributed by atoms with Crippen molar-refractivity contribution in [2.24, 2.45) is 0 Å². The summed E-state index contributed by atoms with van der Waals surface area (Å²) >= 11 is 0. The Kier molecular flexibility index (Phi) is 11.7. The molecule has 0 saturated carbocycles. The Morgan fingerprint density at radius 3 is 1.19 bits per heavy atom. The summed E-state index contributed by atoms with van der Waals surface area (Å²) in [7, 11) is 0. The Morgan fingerprint density at radius 2 is 0.894 bits per heavy atom. The number of carboxylic acid groups (broad SMARTS) is 4. The third-order valence-corrected chi connectivity index (χ3v) is 14.3. The molecule has 47 heavy (non-hydrogen) atoms. The number of rotatable bonds is 18. The molecule has 0 spiro atoms. The van der Waals surface area contributed by atoms with E-state index < -0.39 is 56.4 Å². The predicted octanol–water partition coefficient (Wildman–Crippen LogP) is 4.74. The Balaban J connectivity index is 2.40. The number of hydrogen-bond acceptors (Lipinski definition) is 9. The molecule has 13 nitrogen and oxygen atoms in total. The predicted molar refractivity (Wildman–Crippen MR) is 172 cm³/mol. The fraction of sp³-hybridized carbons (Fsp3) is 0.333. The maximum absolute atomic E-state index is 12.0. The van der Waals surface area contributed by atoms with Gasteiger partial charge in [0.05, 0.1) is 0 Å². The number of aryl methyl sites for hydroxylation is 1. The molecule has 0 fully saturated rings. The van der Waals surface area contributed by atoms with Crippen LogP contribution < -0.4 is 4.52 Å². The second-order valence-electron chi connectivity index (χ2n) is 11.8. The molecular formula is C33H39O13P. The second-order valence-corrected chi connectivity index (χ2v) is 17.5. The van der Waals surface area contributed by atoms with E-state index in [0.29, 0.717) is 27.8 Å². The SMILES string of the molecule is Cc1cc(Cc2ccc(O)cc2O)c(OP(CCC(=O)O)(CCC(=O)O)(CCC(=O)O)CCC(=O)O)c(Cc2ccc(O)cc2O)c1. The molecule has 14 heteroatoms. The quantitative estimate of drug-likeness (QED) is 0.0852. The number of aliphatic carboxylic acids is 4. The van der Waals surface area contributed by atoms with Crippen LogP contribution in [0.25, 0.3) is 0 Å². The third-order valence-electron chi connectivity index (χ3n) is 8.20. The minimum absolute atomic E-state index is 0.0140. The second kappa shape index (κ2) is 15.0. The molecule has 3 rings (SSSR count). The van der Waals surface area contributed by atoms with E-state index >= 15 is 0 Å². The minimum atomic E-state index is -4.45. The van der Waals surface area contributed by atoms with E-state index in [1.165, 1.54) is 24.3 Å². The molecule has 3 aromatic rings. The van der Waals surface area contributed by atoms with Gasteiger partial charge in [0.1, 0.15) is 0 Å². The number of hydrogen-bond donors (Lipinski definition) is 8. The van der Waals surface area contributed by atoms with E-state index in [4.69, 9.17) is 4.52 Å². The average molecular weight is 675 g/mol. The number of phenolic OH excluding ortho intramolecular Hbond substituents is 4. The molecule has 0 aliphatic rings. The molecule has 0 aliphatic heterocycles. The summed E-state index contributed by atoms with van der Waals surface area (Å²) in [6.07, 6.45) is -3.47. The van der Waals surface area contributed by atoms with Gasteiger partial charge in [-0.05, 0) is 0 Å². The van der Waals surface area contributed by atoms with Crippen LogP contribution in [0.5, 0.6) is 28.7 Å². The fourth-order valence-electron chi connectivity index (χ4n) is 5.75. The van der Waals surface area contributed by atoms with E-state index in [1.54, 1.807) is 19.1 Å². The van der Waals surface area contributed by atoms with Gasteiger partial charge in [0.25, 0.3) is 0 Å². The zero-order valence-electron chi connectivity index (χ0n) is 25.8. The first-order valence-corrected chi connectivity index (χ1v) is 17.6. The van der Waals surface area contributed by atoms with Gasteiger partial charge in [-0.2, -0.15) is 0 Å². The topological polar surface area (TPSA) is 239 Å². The molecule has 0 heterocycles. The molecular weight excluding hydrogens is 635 g/mol. The van der Waals surface area contributed by atoms with Gasteiger partial charge < -0.3 is 0 Å². The first-order chi connectivity index (χ1) is 22.0. The van der Waals surface area contributed by atoms with Gasteiger partial charge in [-0.3, -0.25) is 0 Å². The van der Waals surface area contributed by atoms with Gasteiger partial charge in [-0.1, -0.05) is 0 Å². The van der Waals surface area contributed by atoms with Crippen molar-refractivity contribution < 1.29 is 64.6 Å². The molecule has 0 amide bonds. The number of carboxylic acids is 4. The Labute approximate surface area is 270 Å². The van der Waals surface area contributed by atoms with Crippen molar-refractivity contribution in [3.8, 4) is 28.7 Å². The molecule has 0 aromatic heterocycles. The van der Waals surface area contributed by atoms with Crippen molar-refractivity contribution in [1.82, 2.24) is 0 Å². The molecule has 3 aromatic carbocycles. The van der Waals surface area contributed by atoms with Gasteiger partial charge in [0.2, 0.25) is 0 Å². The van der Waals surface area contributed by atoms with Gasteiger partial charge in [-0.15, -0.1) is 0 Å². The molecule has 0 saturated heterocycles. The molecule has 0 aliphatic carbocycles. The van der Waals surface area contributed by atoms with Crippen LogP contribution in [0.1, 0.15) is 53.5 Å². The summed E-state index contributed by atoms with van der Waals surface area (Å²) in [6, 6.07) is 11.4. The van der Waals surface area contributed by atoms with Crippen LogP contribution in [-0.4, -0.2) is 89.4 Å². The third kappa shape index (κ3) is 9.98. The van der Waals surface area contributed by atoms with Crippen LogP contribution in [0.4, 0.5) is 0 Å². The van der Waals surface area contributed by atoms with Crippen molar-refractivity contribution >= 4 is 30.7 Å². The van der Waals surface area contributed by atoms with Gasteiger partial charge in [-0.25, -0.2) is 0 Å². The van der Waals surface area contributed by atoms with E-state index in [1.807, 2.05) is 0 Å². The molecule has 0 unspecified atom stereocenters. The van der Waals surface area contributed by atoms with Crippen LogP contribution in [-0.2, 0) is 32.0 Å². The summed E-state index contributed by atoms with van der Waals surface area (Å²) < 4.78 is 7.00. The van der Waals surface area contributed by atoms with Crippen LogP contribution in [0.3, 0.4) is 0 Å². The number of benzene rings is 3. The number of aromatic hydroxyl groups is 4. The van der Waals surface area contributed by atoms with E-state index in [2.05, 4.69) is 0 Å². The summed E-state index contributed by atoms with van der Waals surface area (Å²) in [4.78, 5) is 47.9. The summed E-state index contributed by atoms with van der Waals surface area (Å²) in [5.74, 6) is -5.84. The molecule has 0 atom stereocenters. The van der Waals surface area contributed by atoms with E-state index in [0.717, 1.165) is 12.1 Å².